The minimum Gasteiger partial charge on any atom is -0.367 e. The highest BCUT2D eigenvalue weighted by atomic mass is 16.1. The van der Waals surface area contributed by atoms with Gasteiger partial charge in [0.1, 0.15) is 0 Å². The number of rotatable bonds is 16. The maximum Gasteiger partial charge on any atom is 0.248 e. The summed E-state index contributed by atoms with van der Waals surface area (Å²) in [5.74, 6) is 0.757. The van der Waals surface area contributed by atoms with Gasteiger partial charge >= 0.3 is 0 Å². The number of carbonyl (C=O) groups excluding carboxylic acids is 1. The zero-order valence-corrected chi connectivity index (χ0v) is 21.5. The molecule has 0 radical (unpaired) electrons. The van der Waals surface area contributed by atoms with Crippen LogP contribution >= 0.6 is 0 Å². The summed E-state index contributed by atoms with van der Waals surface area (Å²) in [5, 5.41) is 13.1. The van der Waals surface area contributed by atoms with Crippen molar-refractivity contribution in [3.8, 4) is 0 Å². The number of nitrogens with two attached hydrogens (primary N) is 1. The number of primary amides is 1. The molecule has 0 spiro atoms. The number of hydrogen-bond acceptors (Lipinski definition) is 4. The molecule has 2 N–H and O–H groups in total. The van der Waals surface area contributed by atoms with Crippen LogP contribution in [0.4, 0.5) is 0 Å². The third-order valence-electron chi connectivity index (χ3n) is 6.42. The summed E-state index contributed by atoms with van der Waals surface area (Å²) in [4.78, 5) is 14.0. The minimum atomic E-state index is -0.741. The number of amides is 1. The summed E-state index contributed by atoms with van der Waals surface area (Å²) in [6.45, 7) is 10.8. The first-order valence-electron chi connectivity index (χ1n) is 13.1. The van der Waals surface area contributed by atoms with Gasteiger partial charge in [-0.05, 0) is 40.2 Å². The lowest BCUT2D eigenvalue weighted by Gasteiger charge is -2.24. The molecule has 0 bridgehead atoms. The van der Waals surface area contributed by atoms with Crippen LogP contribution in [0.25, 0.3) is 0 Å². The molecule has 6 nitrogen and oxygen atoms in total. The Bertz CT molecular complexity index is 817. The van der Waals surface area contributed by atoms with Crippen molar-refractivity contribution in [3.63, 3.8) is 0 Å². The zero-order valence-electron chi connectivity index (χ0n) is 21.5. The molecule has 0 saturated heterocycles. The molecule has 6 heteroatoms. The largest absolute Gasteiger partial charge is 0.367 e. The second-order valence-corrected chi connectivity index (χ2v) is 9.92. The van der Waals surface area contributed by atoms with E-state index < -0.39 is 11.9 Å². The predicted molar refractivity (Wildman–Crippen MR) is 135 cm³/mol. The molecule has 1 atom stereocenters. The van der Waals surface area contributed by atoms with Gasteiger partial charge in [-0.2, -0.15) is 0 Å². The number of unbranched alkanes of at least 4 members (excludes halogenated alkanes) is 9. The van der Waals surface area contributed by atoms with Crippen molar-refractivity contribution in [1.82, 2.24) is 20.2 Å². The lowest BCUT2D eigenvalue weighted by Crippen LogP contribution is -2.31. The first-order valence-corrected chi connectivity index (χ1v) is 13.1. The van der Waals surface area contributed by atoms with Crippen LogP contribution in [0.2, 0.25) is 0 Å². The van der Waals surface area contributed by atoms with Gasteiger partial charge in [-0.15, -0.1) is 15.0 Å². The Morgan fingerprint density at radius 1 is 0.879 bits per heavy atom. The van der Waals surface area contributed by atoms with Crippen LogP contribution in [0.3, 0.4) is 0 Å². The number of aryl methyl sites for hydroxylation is 1. The van der Waals surface area contributed by atoms with Crippen molar-refractivity contribution in [2.24, 2.45) is 5.73 Å². The Morgan fingerprint density at radius 2 is 1.39 bits per heavy atom. The van der Waals surface area contributed by atoms with E-state index in [0.717, 1.165) is 29.5 Å². The molecule has 1 amide bonds. The zero-order chi connectivity index (χ0) is 24.2. The van der Waals surface area contributed by atoms with Gasteiger partial charge in [-0.1, -0.05) is 111 Å². The fraction of sp³-hybridized carbons (Fsp3) is 0.704. The molecular weight excluding hydrogens is 410 g/mol. The molecular formula is C27H45N5O. The number of carbonyl (C=O) groups is 1. The molecule has 0 fully saturated rings. The molecule has 0 saturated carbocycles. The van der Waals surface area contributed by atoms with Crippen LogP contribution < -0.4 is 5.73 Å². The van der Waals surface area contributed by atoms with Crippen molar-refractivity contribution in [1.29, 1.82) is 0 Å². The van der Waals surface area contributed by atoms with Gasteiger partial charge in [0.2, 0.25) is 5.91 Å². The molecule has 1 aromatic carbocycles. The van der Waals surface area contributed by atoms with E-state index in [4.69, 9.17) is 5.73 Å². The third-order valence-corrected chi connectivity index (χ3v) is 6.42. The molecule has 0 aliphatic carbocycles. The normalized spacial score (nSPS) is 12.6. The Labute approximate surface area is 200 Å². The fourth-order valence-electron chi connectivity index (χ4n) is 4.53. The van der Waals surface area contributed by atoms with Crippen LogP contribution in [-0.4, -0.2) is 26.1 Å². The number of aromatic nitrogens is 4. The van der Waals surface area contributed by atoms with E-state index in [0.29, 0.717) is 5.82 Å². The van der Waals surface area contributed by atoms with Crippen molar-refractivity contribution in [2.75, 3.05) is 0 Å². The summed E-state index contributed by atoms with van der Waals surface area (Å²) in [6, 6.07) is 5.46. The summed E-state index contributed by atoms with van der Waals surface area (Å²) >= 11 is 0. The van der Waals surface area contributed by atoms with Crippen LogP contribution in [0, 0.1) is 0 Å². The van der Waals surface area contributed by atoms with E-state index in [-0.39, 0.29) is 11.8 Å². The van der Waals surface area contributed by atoms with Crippen LogP contribution in [0.1, 0.15) is 139 Å². The van der Waals surface area contributed by atoms with Crippen LogP contribution in [0.5, 0.6) is 0 Å². The van der Waals surface area contributed by atoms with Gasteiger partial charge in [-0.25, -0.2) is 0 Å². The Kier molecular flexibility index (Phi) is 11.6. The molecule has 2 aromatic rings. The summed E-state index contributed by atoms with van der Waals surface area (Å²) in [6.07, 6.45) is 13.7. The van der Waals surface area contributed by atoms with Gasteiger partial charge < -0.3 is 5.73 Å². The van der Waals surface area contributed by atoms with Gasteiger partial charge in [0.05, 0.1) is 0 Å². The van der Waals surface area contributed by atoms with E-state index in [2.05, 4.69) is 68.2 Å². The standard InChI is InChI=1S/C27H45N5O/c1-6-7-8-9-10-11-12-13-14-15-19-24-29-31-32(30-24)26(27(28)33)25-22(20(2)3)17-16-18-23(25)21(4)5/h16-18,20-21,26H,6-15,19H2,1-5H3,(H2,28,33). The quantitative estimate of drug-likeness (QED) is 0.294. The van der Waals surface area contributed by atoms with Crippen molar-refractivity contribution in [3.05, 3.63) is 40.7 Å². The maximum absolute atomic E-state index is 12.6. The Morgan fingerprint density at radius 3 is 1.88 bits per heavy atom. The molecule has 2 rings (SSSR count). The van der Waals surface area contributed by atoms with Crippen molar-refractivity contribution < 1.29 is 4.79 Å². The first kappa shape index (κ1) is 27.0. The monoisotopic (exact) mass is 455 g/mol. The van der Waals surface area contributed by atoms with E-state index in [9.17, 15) is 4.79 Å². The number of tetrazole rings is 1. The lowest BCUT2D eigenvalue weighted by atomic mass is 9.85. The number of nitrogens with zero attached hydrogens (tertiary/aromatic N) is 4. The lowest BCUT2D eigenvalue weighted by molar-refractivity contribution is -0.120. The van der Waals surface area contributed by atoms with Crippen LogP contribution in [-0.2, 0) is 11.2 Å². The summed E-state index contributed by atoms with van der Waals surface area (Å²) in [7, 11) is 0. The molecule has 1 heterocycles. The maximum atomic E-state index is 12.6. The molecule has 33 heavy (non-hydrogen) atoms. The van der Waals surface area contributed by atoms with Crippen molar-refractivity contribution >= 4 is 5.91 Å². The first-order chi connectivity index (χ1) is 15.9. The third kappa shape index (κ3) is 8.24. The second kappa shape index (κ2) is 14.1. The Hall–Kier alpha value is -2.24. The van der Waals surface area contributed by atoms with E-state index >= 15 is 0 Å². The highest BCUT2D eigenvalue weighted by Crippen LogP contribution is 2.33. The van der Waals surface area contributed by atoms with Gasteiger partial charge in [-0.3, -0.25) is 4.79 Å². The second-order valence-electron chi connectivity index (χ2n) is 9.92. The molecule has 184 valence electrons. The highest BCUT2D eigenvalue weighted by molar-refractivity contribution is 5.82. The molecule has 0 aliphatic rings. The van der Waals surface area contributed by atoms with E-state index in [1.54, 1.807) is 0 Å². The summed E-state index contributed by atoms with van der Waals surface area (Å²) < 4.78 is 0. The Balaban J connectivity index is 1.98. The van der Waals surface area contributed by atoms with E-state index in [1.807, 2.05) is 0 Å². The topological polar surface area (TPSA) is 86.7 Å². The van der Waals surface area contributed by atoms with Gasteiger partial charge in [0.25, 0.3) is 0 Å². The molecule has 1 unspecified atom stereocenters. The van der Waals surface area contributed by atoms with E-state index in [1.165, 1.54) is 62.6 Å². The fourth-order valence-corrected chi connectivity index (χ4v) is 4.53. The molecule has 0 aliphatic heterocycles. The van der Waals surface area contributed by atoms with Gasteiger partial charge in [0.15, 0.2) is 11.9 Å². The van der Waals surface area contributed by atoms with Crippen molar-refractivity contribution in [2.45, 2.75) is 123 Å². The molecule has 1 aromatic heterocycles. The minimum absolute atomic E-state index is 0.259. The number of benzene rings is 1. The predicted octanol–water partition coefficient (Wildman–Crippen LogP) is 6.46. The highest BCUT2D eigenvalue weighted by Gasteiger charge is 2.29. The summed E-state index contributed by atoms with van der Waals surface area (Å²) in [5.41, 5.74) is 9.04. The average molecular weight is 456 g/mol. The number of hydrogen-bond donors (Lipinski definition) is 1. The average Bonchev–Trinajstić information content (AvgIpc) is 3.23. The van der Waals surface area contributed by atoms with Gasteiger partial charge in [0, 0.05) is 6.42 Å². The smallest absolute Gasteiger partial charge is 0.248 e. The SMILES string of the molecule is CCCCCCCCCCCCc1nnn(C(C(N)=O)c2c(C(C)C)cccc2C(C)C)n1. The van der Waals surface area contributed by atoms with Crippen LogP contribution in [0.15, 0.2) is 18.2 Å².